The van der Waals surface area contributed by atoms with Crippen LogP contribution in [0.3, 0.4) is 0 Å². The van der Waals surface area contributed by atoms with Gasteiger partial charge in [0, 0.05) is 12.5 Å². The molecular weight excluding hydrogens is 432 g/mol. The van der Waals surface area contributed by atoms with Gasteiger partial charge in [0.2, 0.25) is 6.79 Å². The van der Waals surface area contributed by atoms with Gasteiger partial charge >= 0.3 is 11.9 Å². The molecule has 0 radical (unpaired) electrons. The van der Waals surface area contributed by atoms with Crippen LogP contribution in [-0.2, 0) is 11.2 Å². The molecule has 0 aliphatic carbocycles. The van der Waals surface area contributed by atoms with Crippen molar-refractivity contribution in [1.29, 1.82) is 0 Å². The number of ether oxygens (including phenoxy) is 5. The van der Waals surface area contributed by atoms with Crippen LogP contribution in [0.1, 0.15) is 22.3 Å². The third-order valence-electron chi connectivity index (χ3n) is 4.87. The largest absolute Gasteiger partial charge is 0.497 e. The number of carboxylic acids is 2. The Morgan fingerprint density at radius 1 is 0.879 bits per heavy atom. The van der Waals surface area contributed by atoms with Gasteiger partial charge in [-0.3, -0.25) is 4.79 Å². The molecule has 3 aromatic carbocycles. The predicted octanol–water partition coefficient (Wildman–Crippen LogP) is 4.72. The van der Waals surface area contributed by atoms with Crippen molar-refractivity contribution >= 4 is 11.9 Å². The lowest BCUT2D eigenvalue weighted by molar-refractivity contribution is -0.136. The molecule has 33 heavy (non-hydrogen) atoms. The summed E-state index contributed by atoms with van der Waals surface area (Å²) in [5, 5.41) is 18.9. The highest BCUT2D eigenvalue weighted by Crippen LogP contribution is 2.40. The molecule has 0 saturated heterocycles. The number of aromatic carboxylic acids is 1. The zero-order chi connectivity index (χ0) is 23.4. The summed E-state index contributed by atoms with van der Waals surface area (Å²) in [6.07, 6.45) is 0.0558. The Balaban J connectivity index is 1.66. The van der Waals surface area contributed by atoms with Crippen LogP contribution in [0.5, 0.6) is 40.2 Å². The maximum atomic E-state index is 12.1. The summed E-state index contributed by atoms with van der Waals surface area (Å²) in [6, 6.07) is 14.4. The molecule has 0 fully saturated rings. The second-order valence-corrected chi connectivity index (χ2v) is 7.02. The van der Waals surface area contributed by atoms with E-state index in [2.05, 4.69) is 0 Å². The van der Waals surface area contributed by atoms with Crippen LogP contribution in [0, 0.1) is 0 Å². The molecular formula is C24H20O9. The molecule has 9 heteroatoms. The minimum absolute atomic E-state index is 0.0440. The fraction of sp³-hybridized carbons (Fsp3) is 0.167. The normalized spacial score (nSPS) is 11.7. The molecule has 0 unspecified atom stereocenters. The highest BCUT2D eigenvalue weighted by molar-refractivity contribution is 5.94. The lowest BCUT2D eigenvalue weighted by Crippen LogP contribution is -2.05. The van der Waals surface area contributed by atoms with Gasteiger partial charge in [0.15, 0.2) is 11.5 Å². The topological polar surface area (TPSA) is 121 Å². The Kier molecular flexibility index (Phi) is 6.21. The average Bonchev–Trinajstić information content (AvgIpc) is 3.26. The van der Waals surface area contributed by atoms with E-state index in [1.165, 1.54) is 19.2 Å². The average molecular weight is 452 g/mol. The van der Waals surface area contributed by atoms with Crippen LogP contribution >= 0.6 is 0 Å². The van der Waals surface area contributed by atoms with Crippen LogP contribution in [0.2, 0.25) is 0 Å². The highest BCUT2D eigenvalue weighted by atomic mass is 16.7. The lowest BCUT2D eigenvalue weighted by Gasteiger charge is -2.16. The molecule has 1 aliphatic heterocycles. The van der Waals surface area contributed by atoms with Gasteiger partial charge in [-0.15, -0.1) is 0 Å². The number of aryl methyl sites for hydroxylation is 1. The molecule has 0 saturated carbocycles. The monoisotopic (exact) mass is 452 g/mol. The molecule has 3 aromatic rings. The van der Waals surface area contributed by atoms with E-state index in [0.717, 1.165) is 0 Å². The first-order valence-electron chi connectivity index (χ1n) is 9.95. The van der Waals surface area contributed by atoms with E-state index in [-0.39, 0.29) is 36.7 Å². The summed E-state index contributed by atoms with van der Waals surface area (Å²) in [4.78, 5) is 23.2. The van der Waals surface area contributed by atoms with Crippen LogP contribution in [0.25, 0.3) is 0 Å². The zero-order valence-corrected chi connectivity index (χ0v) is 17.6. The zero-order valence-electron chi connectivity index (χ0n) is 17.6. The minimum Gasteiger partial charge on any atom is -0.497 e. The van der Waals surface area contributed by atoms with Crippen molar-refractivity contribution in [3.05, 3.63) is 65.7 Å². The summed E-state index contributed by atoms with van der Waals surface area (Å²) >= 11 is 0. The Labute approximate surface area is 188 Å². The Morgan fingerprint density at radius 2 is 1.61 bits per heavy atom. The highest BCUT2D eigenvalue weighted by Gasteiger charge is 2.22. The van der Waals surface area contributed by atoms with Crippen LogP contribution in [0.15, 0.2) is 54.6 Å². The van der Waals surface area contributed by atoms with Gasteiger partial charge < -0.3 is 33.9 Å². The second-order valence-electron chi connectivity index (χ2n) is 7.02. The van der Waals surface area contributed by atoms with Crippen molar-refractivity contribution < 1.29 is 43.5 Å². The molecule has 1 aliphatic rings. The number of hydrogen-bond acceptors (Lipinski definition) is 7. The van der Waals surface area contributed by atoms with Crippen LogP contribution in [0.4, 0.5) is 0 Å². The van der Waals surface area contributed by atoms with Crippen molar-refractivity contribution in [3.63, 3.8) is 0 Å². The van der Waals surface area contributed by atoms with Crippen molar-refractivity contribution in [2.24, 2.45) is 0 Å². The van der Waals surface area contributed by atoms with E-state index in [1.54, 1.807) is 42.5 Å². The molecule has 0 spiro atoms. The van der Waals surface area contributed by atoms with Crippen LogP contribution < -0.4 is 23.7 Å². The summed E-state index contributed by atoms with van der Waals surface area (Å²) < 4.78 is 27.6. The van der Waals surface area contributed by atoms with Crippen LogP contribution in [-0.4, -0.2) is 36.1 Å². The molecule has 1 heterocycles. The van der Waals surface area contributed by atoms with E-state index in [4.69, 9.17) is 28.8 Å². The van der Waals surface area contributed by atoms with Gasteiger partial charge in [-0.2, -0.15) is 0 Å². The van der Waals surface area contributed by atoms with E-state index < -0.39 is 11.9 Å². The fourth-order valence-corrected chi connectivity index (χ4v) is 3.30. The first-order chi connectivity index (χ1) is 15.9. The third kappa shape index (κ3) is 4.93. The predicted molar refractivity (Wildman–Crippen MR) is 115 cm³/mol. The van der Waals surface area contributed by atoms with Crippen molar-refractivity contribution in [2.45, 2.75) is 12.8 Å². The van der Waals surface area contributed by atoms with Gasteiger partial charge in [0.1, 0.15) is 34.3 Å². The SMILES string of the molecule is COc1ccc(Oc2cccc(Oc3ccc4c(c3)OCO4)c2C(=O)O)c(CCC(=O)O)c1. The number of aliphatic carboxylic acids is 1. The molecule has 0 bridgehead atoms. The number of carbonyl (C=O) groups is 2. The van der Waals surface area contributed by atoms with E-state index in [9.17, 15) is 14.7 Å². The molecule has 0 amide bonds. The van der Waals surface area contributed by atoms with Gasteiger partial charge in [0.25, 0.3) is 0 Å². The second kappa shape index (κ2) is 9.39. The van der Waals surface area contributed by atoms with E-state index in [1.807, 2.05) is 0 Å². The Bertz CT molecular complexity index is 1200. The van der Waals surface area contributed by atoms with Gasteiger partial charge in [-0.1, -0.05) is 6.07 Å². The molecule has 170 valence electrons. The molecule has 2 N–H and O–H groups in total. The smallest absolute Gasteiger partial charge is 0.343 e. The Hall–Kier alpha value is -4.40. The summed E-state index contributed by atoms with van der Waals surface area (Å²) in [5.41, 5.74) is 0.380. The quantitative estimate of drug-likeness (QED) is 0.475. The van der Waals surface area contributed by atoms with E-state index >= 15 is 0 Å². The summed E-state index contributed by atoms with van der Waals surface area (Å²) in [7, 11) is 1.50. The van der Waals surface area contributed by atoms with Crippen molar-refractivity contribution in [1.82, 2.24) is 0 Å². The summed E-state index contributed by atoms with van der Waals surface area (Å²) in [6.45, 7) is 0.106. The molecule has 9 nitrogen and oxygen atoms in total. The number of hydrogen-bond donors (Lipinski definition) is 2. The maximum absolute atomic E-state index is 12.1. The first-order valence-corrected chi connectivity index (χ1v) is 9.95. The van der Waals surface area contributed by atoms with Gasteiger partial charge in [-0.25, -0.2) is 4.79 Å². The summed E-state index contributed by atoms with van der Waals surface area (Å²) in [5.74, 6) is 0.189. The molecule has 0 atom stereocenters. The molecule has 4 rings (SSSR count). The number of methoxy groups -OCH3 is 1. The van der Waals surface area contributed by atoms with Crippen molar-refractivity contribution in [3.8, 4) is 40.2 Å². The van der Waals surface area contributed by atoms with E-state index in [0.29, 0.717) is 34.3 Å². The third-order valence-corrected chi connectivity index (χ3v) is 4.87. The number of rotatable bonds is 9. The van der Waals surface area contributed by atoms with Gasteiger partial charge in [-0.05, 0) is 54.4 Å². The Morgan fingerprint density at radius 3 is 2.33 bits per heavy atom. The number of fused-ring (bicyclic) bond motifs is 1. The fourth-order valence-electron chi connectivity index (χ4n) is 3.30. The first kappa shape index (κ1) is 21.8. The standard InChI is InChI=1S/C24H20O9/c1-29-15-6-8-17(14(11-15)5-10-22(25)26)33-20-4-2-3-19(23(20)24(27)28)32-16-7-9-18-21(12-16)31-13-30-18/h2-4,6-9,11-12H,5,10,13H2,1H3,(H,25,26)(H,27,28). The van der Waals surface area contributed by atoms with Gasteiger partial charge in [0.05, 0.1) is 7.11 Å². The molecule has 0 aromatic heterocycles. The minimum atomic E-state index is -1.25. The number of benzene rings is 3. The number of carboxylic acid groups (broad SMARTS) is 2. The lowest BCUT2D eigenvalue weighted by atomic mass is 10.1. The van der Waals surface area contributed by atoms with Crippen molar-refractivity contribution in [2.75, 3.05) is 13.9 Å². The maximum Gasteiger partial charge on any atom is 0.343 e.